The van der Waals surface area contributed by atoms with Crippen LogP contribution in [0.2, 0.25) is 0 Å². The quantitative estimate of drug-likeness (QED) is 0.848. The van der Waals surface area contributed by atoms with E-state index < -0.39 is 0 Å². The molecule has 6 heteroatoms. The summed E-state index contributed by atoms with van der Waals surface area (Å²) in [5, 5.41) is 3.89. The molecule has 2 aromatic rings. The van der Waals surface area contributed by atoms with Crippen molar-refractivity contribution in [3.8, 4) is 0 Å². The van der Waals surface area contributed by atoms with Gasteiger partial charge in [0.1, 0.15) is 0 Å². The Hall–Kier alpha value is -1.95. The van der Waals surface area contributed by atoms with Crippen molar-refractivity contribution < 1.29 is 0 Å². The monoisotopic (exact) mass is 273 g/mol. The molecule has 3 rings (SSSR count). The fraction of sp³-hybridized carbons (Fsp3) is 0.500. The molecule has 0 bridgehead atoms. The van der Waals surface area contributed by atoms with Crippen molar-refractivity contribution in [2.45, 2.75) is 18.8 Å². The van der Waals surface area contributed by atoms with Crippen LogP contribution in [0.1, 0.15) is 24.5 Å². The standard InChI is InChI=1S/C14H19N5O/c1-19(2)14-16-8-10-12(18-14)7-11(17-13(10)20)9-3-5-15-6-4-9/h7-9,15H,3-6H2,1-2H3,(H,17,20). The molecule has 0 amide bonds. The fourth-order valence-corrected chi connectivity index (χ4v) is 2.62. The highest BCUT2D eigenvalue weighted by atomic mass is 16.1. The number of rotatable bonds is 2. The molecule has 3 heterocycles. The molecule has 0 spiro atoms. The highest BCUT2D eigenvalue weighted by Gasteiger charge is 2.17. The maximum atomic E-state index is 12.2. The highest BCUT2D eigenvalue weighted by molar-refractivity contribution is 5.78. The van der Waals surface area contributed by atoms with Crippen molar-refractivity contribution in [3.05, 3.63) is 28.3 Å². The van der Waals surface area contributed by atoms with E-state index in [4.69, 9.17) is 0 Å². The largest absolute Gasteiger partial charge is 0.347 e. The molecule has 20 heavy (non-hydrogen) atoms. The Balaban J connectivity index is 2.08. The number of aromatic amines is 1. The third kappa shape index (κ3) is 2.38. The number of anilines is 1. The molecule has 1 aliphatic rings. The van der Waals surface area contributed by atoms with Crippen LogP contribution in [0, 0.1) is 0 Å². The van der Waals surface area contributed by atoms with Crippen LogP contribution in [0.15, 0.2) is 17.1 Å². The second kappa shape index (κ2) is 5.20. The molecule has 1 saturated heterocycles. The van der Waals surface area contributed by atoms with E-state index in [2.05, 4.69) is 20.3 Å². The zero-order chi connectivity index (χ0) is 14.1. The smallest absolute Gasteiger partial charge is 0.259 e. The third-order valence-corrected chi connectivity index (χ3v) is 3.78. The first-order chi connectivity index (χ1) is 9.65. The van der Waals surface area contributed by atoms with Gasteiger partial charge in [-0.05, 0) is 32.0 Å². The Morgan fingerprint density at radius 3 is 2.75 bits per heavy atom. The Kier molecular flexibility index (Phi) is 3.40. The molecule has 0 unspecified atom stereocenters. The average Bonchev–Trinajstić information content (AvgIpc) is 2.47. The van der Waals surface area contributed by atoms with Gasteiger partial charge in [0, 0.05) is 31.9 Å². The van der Waals surface area contributed by atoms with Crippen LogP contribution in [-0.4, -0.2) is 42.1 Å². The highest BCUT2D eigenvalue weighted by Crippen LogP contribution is 2.24. The number of nitrogens with one attached hydrogen (secondary N) is 2. The van der Waals surface area contributed by atoms with E-state index >= 15 is 0 Å². The summed E-state index contributed by atoms with van der Waals surface area (Å²) < 4.78 is 0. The lowest BCUT2D eigenvalue weighted by Crippen LogP contribution is -2.28. The summed E-state index contributed by atoms with van der Waals surface area (Å²) >= 11 is 0. The van der Waals surface area contributed by atoms with Gasteiger partial charge in [0.05, 0.1) is 10.9 Å². The Labute approximate surface area is 117 Å². The summed E-state index contributed by atoms with van der Waals surface area (Å²) in [6, 6.07) is 2.00. The molecule has 1 fully saturated rings. The fourth-order valence-electron chi connectivity index (χ4n) is 2.62. The zero-order valence-corrected chi connectivity index (χ0v) is 11.8. The lowest BCUT2D eigenvalue weighted by atomic mass is 9.94. The minimum atomic E-state index is -0.0960. The second-order valence-corrected chi connectivity index (χ2v) is 5.44. The summed E-state index contributed by atoms with van der Waals surface area (Å²) in [5.41, 5.74) is 1.62. The molecular weight excluding hydrogens is 254 g/mol. The summed E-state index contributed by atoms with van der Waals surface area (Å²) in [6.45, 7) is 1.99. The van der Waals surface area contributed by atoms with Crippen LogP contribution < -0.4 is 15.8 Å². The molecule has 1 aliphatic heterocycles. The maximum absolute atomic E-state index is 12.2. The third-order valence-electron chi connectivity index (χ3n) is 3.78. The van der Waals surface area contributed by atoms with Crippen LogP contribution in [0.25, 0.3) is 10.9 Å². The van der Waals surface area contributed by atoms with Crippen LogP contribution in [0.4, 0.5) is 5.95 Å². The number of hydrogen-bond acceptors (Lipinski definition) is 5. The predicted octanol–water partition coefficient (Wildman–Crippen LogP) is 0.851. The van der Waals surface area contributed by atoms with E-state index in [1.807, 2.05) is 25.1 Å². The maximum Gasteiger partial charge on any atom is 0.259 e. The summed E-state index contributed by atoms with van der Waals surface area (Å²) in [7, 11) is 3.78. The normalized spacial score (nSPS) is 16.5. The van der Waals surface area contributed by atoms with Crippen LogP contribution in [-0.2, 0) is 0 Å². The van der Waals surface area contributed by atoms with Gasteiger partial charge in [-0.1, -0.05) is 0 Å². The Morgan fingerprint density at radius 1 is 1.30 bits per heavy atom. The van der Waals surface area contributed by atoms with Crippen LogP contribution >= 0.6 is 0 Å². The molecular formula is C14H19N5O. The lowest BCUT2D eigenvalue weighted by Gasteiger charge is -2.22. The molecule has 0 aromatic carbocycles. The first-order valence-electron chi connectivity index (χ1n) is 6.93. The van der Waals surface area contributed by atoms with Crippen molar-refractivity contribution in [1.82, 2.24) is 20.3 Å². The molecule has 0 saturated carbocycles. The lowest BCUT2D eigenvalue weighted by molar-refractivity contribution is 0.453. The topological polar surface area (TPSA) is 73.9 Å². The van der Waals surface area contributed by atoms with Gasteiger partial charge in [-0.25, -0.2) is 9.97 Å². The molecule has 2 aromatic heterocycles. The molecule has 6 nitrogen and oxygen atoms in total. The number of pyridine rings is 1. The van der Waals surface area contributed by atoms with Crippen molar-refractivity contribution >= 4 is 16.9 Å². The number of nitrogens with zero attached hydrogens (tertiary/aromatic N) is 3. The van der Waals surface area contributed by atoms with E-state index in [1.165, 1.54) is 0 Å². The molecule has 0 atom stereocenters. The van der Waals surface area contributed by atoms with E-state index in [0.717, 1.165) is 37.1 Å². The van der Waals surface area contributed by atoms with Gasteiger partial charge in [-0.15, -0.1) is 0 Å². The molecule has 0 aliphatic carbocycles. The Morgan fingerprint density at radius 2 is 2.05 bits per heavy atom. The predicted molar refractivity (Wildman–Crippen MR) is 79.3 cm³/mol. The number of hydrogen-bond donors (Lipinski definition) is 2. The van der Waals surface area contributed by atoms with E-state index in [0.29, 0.717) is 17.3 Å². The molecule has 0 radical (unpaired) electrons. The van der Waals surface area contributed by atoms with Gasteiger partial charge < -0.3 is 15.2 Å². The summed E-state index contributed by atoms with van der Waals surface area (Å²) in [5.74, 6) is 1.03. The van der Waals surface area contributed by atoms with E-state index in [1.54, 1.807) is 6.20 Å². The summed E-state index contributed by atoms with van der Waals surface area (Å²) in [6.07, 6.45) is 3.70. The second-order valence-electron chi connectivity index (χ2n) is 5.44. The minimum absolute atomic E-state index is 0.0960. The van der Waals surface area contributed by atoms with Gasteiger partial charge in [0.2, 0.25) is 5.95 Å². The van der Waals surface area contributed by atoms with Crippen molar-refractivity contribution in [1.29, 1.82) is 0 Å². The number of fused-ring (bicyclic) bond motifs is 1. The average molecular weight is 273 g/mol. The van der Waals surface area contributed by atoms with Crippen molar-refractivity contribution in [2.24, 2.45) is 0 Å². The van der Waals surface area contributed by atoms with Gasteiger partial charge >= 0.3 is 0 Å². The van der Waals surface area contributed by atoms with E-state index in [9.17, 15) is 4.79 Å². The van der Waals surface area contributed by atoms with Gasteiger partial charge in [0.25, 0.3) is 5.56 Å². The minimum Gasteiger partial charge on any atom is -0.347 e. The van der Waals surface area contributed by atoms with Crippen LogP contribution in [0.5, 0.6) is 0 Å². The van der Waals surface area contributed by atoms with Crippen molar-refractivity contribution in [2.75, 3.05) is 32.1 Å². The van der Waals surface area contributed by atoms with Gasteiger partial charge in [-0.3, -0.25) is 4.79 Å². The first kappa shape index (κ1) is 13.1. The van der Waals surface area contributed by atoms with Crippen LogP contribution in [0.3, 0.4) is 0 Å². The van der Waals surface area contributed by atoms with Gasteiger partial charge in [0.15, 0.2) is 0 Å². The molecule has 106 valence electrons. The van der Waals surface area contributed by atoms with E-state index in [-0.39, 0.29) is 5.56 Å². The number of piperidine rings is 1. The Bertz CT molecular complexity index is 673. The summed E-state index contributed by atoms with van der Waals surface area (Å²) in [4.78, 5) is 25.7. The van der Waals surface area contributed by atoms with Crippen molar-refractivity contribution in [3.63, 3.8) is 0 Å². The zero-order valence-electron chi connectivity index (χ0n) is 11.8. The first-order valence-corrected chi connectivity index (χ1v) is 6.93. The van der Waals surface area contributed by atoms with Gasteiger partial charge in [-0.2, -0.15) is 0 Å². The molecule has 2 N–H and O–H groups in total. The SMILES string of the molecule is CN(C)c1ncc2c(=O)[nH]c(C3CCNCC3)cc2n1. The number of H-pyrrole nitrogens is 1. The number of aromatic nitrogens is 3.